The zero-order chi connectivity index (χ0) is 13.4. The third-order valence-corrected chi connectivity index (χ3v) is 4.32. The Morgan fingerprint density at radius 1 is 1.42 bits per heavy atom. The standard InChI is InChI=1S/C15H26N4/c1-11(2)7-18-8-12(3)17-15(18)19-9-13-5-4-6-16-14(13)10-19/h8,11,13-14,16H,4-7,9-10H2,1-3H3/t13-,14+/m0/s1. The van der Waals surface area contributed by atoms with E-state index >= 15 is 0 Å². The number of nitrogens with zero attached hydrogens (tertiary/aromatic N) is 3. The van der Waals surface area contributed by atoms with Gasteiger partial charge in [-0.05, 0) is 38.1 Å². The van der Waals surface area contributed by atoms with Crippen LogP contribution in [0.25, 0.3) is 0 Å². The van der Waals surface area contributed by atoms with Crippen LogP contribution >= 0.6 is 0 Å². The summed E-state index contributed by atoms with van der Waals surface area (Å²) in [5.41, 5.74) is 1.14. The monoisotopic (exact) mass is 262 g/mol. The highest BCUT2D eigenvalue weighted by Gasteiger charge is 2.35. The van der Waals surface area contributed by atoms with E-state index in [4.69, 9.17) is 4.98 Å². The maximum absolute atomic E-state index is 4.76. The van der Waals surface area contributed by atoms with E-state index in [2.05, 4.69) is 41.8 Å². The van der Waals surface area contributed by atoms with Gasteiger partial charge in [0.1, 0.15) is 0 Å². The third-order valence-electron chi connectivity index (χ3n) is 4.32. The van der Waals surface area contributed by atoms with Crippen LogP contribution in [0.2, 0.25) is 0 Å². The predicted molar refractivity (Wildman–Crippen MR) is 78.5 cm³/mol. The Kier molecular flexibility index (Phi) is 3.52. The Hall–Kier alpha value is -1.03. The molecule has 2 saturated heterocycles. The molecule has 2 aliphatic rings. The van der Waals surface area contributed by atoms with Crippen LogP contribution in [0, 0.1) is 18.8 Å². The molecule has 3 rings (SSSR count). The van der Waals surface area contributed by atoms with Crippen molar-refractivity contribution >= 4 is 5.95 Å². The second-order valence-electron chi connectivity index (χ2n) is 6.60. The summed E-state index contributed by atoms with van der Waals surface area (Å²) in [6.07, 6.45) is 4.90. The topological polar surface area (TPSA) is 33.1 Å². The smallest absolute Gasteiger partial charge is 0.205 e. The molecule has 0 amide bonds. The molecule has 19 heavy (non-hydrogen) atoms. The van der Waals surface area contributed by atoms with Gasteiger partial charge in [-0.3, -0.25) is 0 Å². The first-order valence-corrected chi connectivity index (χ1v) is 7.65. The number of aryl methyl sites for hydroxylation is 1. The maximum atomic E-state index is 4.76. The van der Waals surface area contributed by atoms with Crippen molar-refractivity contribution in [3.8, 4) is 0 Å². The number of rotatable bonds is 3. The van der Waals surface area contributed by atoms with Crippen LogP contribution in [0.15, 0.2) is 6.20 Å². The molecular formula is C15H26N4. The van der Waals surface area contributed by atoms with Crippen LogP contribution in [-0.4, -0.2) is 35.2 Å². The molecule has 0 spiro atoms. The largest absolute Gasteiger partial charge is 0.340 e. The lowest BCUT2D eigenvalue weighted by Crippen LogP contribution is -2.40. The number of anilines is 1. The van der Waals surface area contributed by atoms with Gasteiger partial charge in [-0.15, -0.1) is 0 Å². The van der Waals surface area contributed by atoms with E-state index < -0.39 is 0 Å². The average Bonchev–Trinajstić information content (AvgIpc) is 2.91. The molecule has 0 bridgehead atoms. The van der Waals surface area contributed by atoms with Gasteiger partial charge in [0.15, 0.2) is 0 Å². The highest BCUT2D eigenvalue weighted by molar-refractivity contribution is 5.36. The summed E-state index contributed by atoms with van der Waals surface area (Å²) in [7, 11) is 0. The van der Waals surface area contributed by atoms with Crippen LogP contribution in [0.5, 0.6) is 0 Å². The van der Waals surface area contributed by atoms with Gasteiger partial charge >= 0.3 is 0 Å². The van der Waals surface area contributed by atoms with Gasteiger partial charge in [-0.25, -0.2) is 4.98 Å². The first-order valence-electron chi connectivity index (χ1n) is 7.65. The number of hydrogen-bond donors (Lipinski definition) is 1. The predicted octanol–water partition coefficient (Wildman–Crippen LogP) is 2.04. The van der Waals surface area contributed by atoms with Crippen molar-refractivity contribution in [1.29, 1.82) is 0 Å². The van der Waals surface area contributed by atoms with Crippen LogP contribution in [-0.2, 0) is 6.54 Å². The highest BCUT2D eigenvalue weighted by atomic mass is 15.3. The second-order valence-corrected chi connectivity index (χ2v) is 6.60. The summed E-state index contributed by atoms with van der Waals surface area (Å²) in [6.45, 7) is 11.2. The van der Waals surface area contributed by atoms with Crippen molar-refractivity contribution in [2.75, 3.05) is 24.5 Å². The van der Waals surface area contributed by atoms with Crippen LogP contribution < -0.4 is 10.2 Å². The summed E-state index contributed by atoms with van der Waals surface area (Å²) >= 11 is 0. The van der Waals surface area contributed by atoms with E-state index in [0.29, 0.717) is 12.0 Å². The van der Waals surface area contributed by atoms with Gasteiger partial charge in [-0.1, -0.05) is 13.8 Å². The molecule has 0 aromatic carbocycles. The molecule has 2 fully saturated rings. The summed E-state index contributed by atoms with van der Waals surface area (Å²) in [5, 5.41) is 3.67. The van der Waals surface area contributed by atoms with E-state index in [0.717, 1.165) is 24.7 Å². The maximum Gasteiger partial charge on any atom is 0.205 e. The van der Waals surface area contributed by atoms with Crippen molar-refractivity contribution in [3.05, 3.63) is 11.9 Å². The summed E-state index contributed by atoms with van der Waals surface area (Å²) < 4.78 is 2.34. The molecule has 0 aliphatic carbocycles. The van der Waals surface area contributed by atoms with Crippen molar-refractivity contribution in [2.24, 2.45) is 11.8 Å². The van der Waals surface area contributed by atoms with E-state index in [1.165, 1.54) is 31.9 Å². The summed E-state index contributed by atoms with van der Waals surface area (Å²) in [6, 6.07) is 0.679. The Morgan fingerprint density at radius 3 is 3.00 bits per heavy atom. The van der Waals surface area contributed by atoms with Crippen molar-refractivity contribution < 1.29 is 0 Å². The highest BCUT2D eigenvalue weighted by Crippen LogP contribution is 2.29. The number of piperidine rings is 1. The lowest BCUT2D eigenvalue weighted by Gasteiger charge is -2.24. The van der Waals surface area contributed by atoms with E-state index in [1.54, 1.807) is 0 Å². The SMILES string of the molecule is Cc1cn(CC(C)C)c(N2C[C@@H]3CCCN[C@@H]3C2)n1. The molecule has 106 valence electrons. The van der Waals surface area contributed by atoms with Crippen molar-refractivity contribution in [2.45, 2.75) is 46.2 Å². The minimum absolute atomic E-state index is 0.662. The zero-order valence-corrected chi connectivity index (χ0v) is 12.4. The normalized spacial score (nSPS) is 27.1. The van der Waals surface area contributed by atoms with E-state index in [1.807, 2.05) is 0 Å². The van der Waals surface area contributed by atoms with Crippen molar-refractivity contribution in [1.82, 2.24) is 14.9 Å². The average molecular weight is 262 g/mol. The molecule has 2 atom stereocenters. The quantitative estimate of drug-likeness (QED) is 0.905. The fraction of sp³-hybridized carbons (Fsp3) is 0.800. The summed E-state index contributed by atoms with van der Waals surface area (Å²) in [5.74, 6) is 2.66. The molecule has 0 radical (unpaired) electrons. The molecule has 1 N–H and O–H groups in total. The molecule has 2 aliphatic heterocycles. The number of nitrogens with one attached hydrogen (secondary N) is 1. The van der Waals surface area contributed by atoms with Crippen molar-refractivity contribution in [3.63, 3.8) is 0 Å². The molecule has 3 heterocycles. The molecule has 4 heteroatoms. The third kappa shape index (κ3) is 2.64. The Morgan fingerprint density at radius 2 is 2.26 bits per heavy atom. The number of hydrogen-bond acceptors (Lipinski definition) is 3. The van der Waals surface area contributed by atoms with E-state index in [-0.39, 0.29) is 0 Å². The molecule has 1 aromatic rings. The molecule has 4 nitrogen and oxygen atoms in total. The Labute approximate surface area is 116 Å². The number of imidazole rings is 1. The van der Waals surface area contributed by atoms with Gasteiger partial charge in [0, 0.05) is 31.9 Å². The van der Waals surface area contributed by atoms with Crippen LogP contribution in [0.3, 0.4) is 0 Å². The lowest BCUT2D eigenvalue weighted by atomic mass is 9.94. The minimum Gasteiger partial charge on any atom is -0.340 e. The lowest BCUT2D eigenvalue weighted by molar-refractivity contribution is 0.340. The fourth-order valence-corrected chi connectivity index (χ4v) is 3.52. The number of fused-ring (bicyclic) bond motifs is 1. The number of aromatic nitrogens is 2. The molecule has 0 unspecified atom stereocenters. The molecule has 0 saturated carbocycles. The fourth-order valence-electron chi connectivity index (χ4n) is 3.52. The molecule has 1 aromatic heterocycles. The first kappa shape index (κ1) is 13.0. The van der Waals surface area contributed by atoms with Crippen LogP contribution in [0.4, 0.5) is 5.95 Å². The van der Waals surface area contributed by atoms with Gasteiger partial charge in [0.2, 0.25) is 5.95 Å². The van der Waals surface area contributed by atoms with Gasteiger partial charge < -0.3 is 14.8 Å². The Bertz CT molecular complexity index is 423. The zero-order valence-electron chi connectivity index (χ0n) is 12.4. The second kappa shape index (κ2) is 5.16. The van der Waals surface area contributed by atoms with Gasteiger partial charge in [-0.2, -0.15) is 0 Å². The van der Waals surface area contributed by atoms with Gasteiger partial charge in [0.05, 0.1) is 5.69 Å². The summed E-state index contributed by atoms with van der Waals surface area (Å²) in [4.78, 5) is 7.25. The van der Waals surface area contributed by atoms with Gasteiger partial charge in [0.25, 0.3) is 0 Å². The Balaban J connectivity index is 1.78. The first-order chi connectivity index (χ1) is 9.13. The van der Waals surface area contributed by atoms with E-state index in [9.17, 15) is 0 Å². The molecular weight excluding hydrogens is 236 g/mol. The van der Waals surface area contributed by atoms with Crippen LogP contribution in [0.1, 0.15) is 32.4 Å². The minimum atomic E-state index is 0.662.